The van der Waals surface area contributed by atoms with Crippen LogP contribution in [0.25, 0.3) is 0 Å². The largest absolute Gasteiger partial charge is 0.489 e. The van der Waals surface area contributed by atoms with Gasteiger partial charge in [0.2, 0.25) is 0 Å². The average molecular weight is 404 g/mol. The van der Waals surface area contributed by atoms with Crippen LogP contribution >= 0.6 is 11.8 Å². The van der Waals surface area contributed by atoms with Crippen molar-refractivity contribution in [1.82, 2.24) is 4.90 Å². The van der Waals surface area contributed by atoms with Gasteiger partial charge in [-0.15, -0.1) is 11.8 Å². The fourth-order valence-electron chi connectivity index (χ4n) is 2.73. The van der Waals surface area contributed by atoms with Crippen molar-refractivity contribution >= 4 is 23.7 Å². The number of carboxylic acids is 2. The number of hydrogen-bond acceptors (Lipinski definition) is 5. The predicted octanol–water partition coefficient (Wildman–Crippen LogP) is 4.10. The minimum Gasteiger partial charge on any atom is -0.489 e. The van der Waals surface area contributed by atoms with E-state index in [1.54, 1.807) is 30.0 Å². The Kier molecular flexibility index (Phi) is 7.48. The molecule has 0 spiro atoms. The molecule has 2 unspecified atom stereocenters. The molecule has 0 fully saturated rings. The molecule has 0 radical (unpaired) electrons. The van der Waals surface area contributed by atoms with Crippen LogP contribution in [-0.4, -0.2) is 46.5 Å². The van der Waals surface area contributed by atoms with E-state index in [9.17, 15) is 9.90 Å². The van der Waals surface area contributed by atoms with E-state index in [1.807, 2.05) is 26.2 Å². The molecule has 6 nitrogen and oxygen atoms in total. The van der Waals surface area contributed by atoms with Gasteiger partial charge in [-0.25, -0.2) is 4.79 Å². The molecule has 2 N–H and O–H groups in total. The van der Waals surface area contributed by atoms with Crippen molar-refractivity contribution in [3.8, 4) is 5.75 Å². The van der Waals surface area contributed by atoms with Crippen molar-refractivity contribution in [2.24, 2.45) is 0 Å². The Morgan fingerprint density at radius 2 is 1.79 bits per heavy atom. The molecule has 0 saturated carbocycles. The summed E-state index contributed by atoms with van der Waals surface area (Å²) < 4.78 is 5.96. The van der Waals surface area contributed by atoms with Gasteiger partial charge in [-0.2, -0.15) is 0 Å². The lowest BCUT2D eigenvalue weighted by molar-refractivity contribution is -0.134. The minimum absolute atomic E-state index is 0.0374. The number of carbonyl (C=O) groups is 2. The van der Waals surface area contributed by atoms with Gasteiger partial charge in [0.1, 0.15) is 12.4 Å². The Bertz CT molecular complexity index is 848. The highest BCUT2D eigenvalue weighted by atomic mass is 32.2. The van der Waals surface area contributed by atoms with Crippen molar-refractivity contribution in [1.29, 1.82) is 0 Å². The molecule has 0 bridgehead atoms. The van der Waals surface area contributed by atoms with Crippen molar-refractivity contribution < 1.29 is 24.5 Å². The summed E-state index contributed by atoms with van der Waals surface area (Å²) in [5.74, 6) is -0.987. The van der Waals surface area contributed by atoms with E-state index in [-0.39, 0.29) is 10.6 Å². The third kappa shape index (κ3) is 5.50. The fraction of sp³-hybridized carbons (Fsp3) is 0.333. The van der Waals surface area contributed by atoms with Crippen LogP contribution in [0.3, 0.4) is 0 Å². The van der Waals surface area contributed by atoms with E-state index in [4.69, 9.17) is 14.6 Å². The van der Waals surface area contributed by atoms with Crippen LogP contribution in [0.4, 0.5) is 0 Å². The number of benzene rings is 2. The zero-order valence-electron chi connectivity index (χ0n) is 16.4. The standard InChI is InChI=1S/C19H21NO3S.C2H4O2/c1-12(20(2)3)24-18-15-7-5-4-6-14(15)11-23-17-9-8-13(19(21)22)10-16(17)18;1-2(3)4/h4-10,12,18H,11H2,1-3H3,(H,21,22);1H3,(H,3,4). The topological polar surface area (TPSA) is 87.1 Å². The zero-order valence-corrected chi connectivity index (χ0v) is 17.2. The van der Waals surface area contributed by atoms with Crippen LogP contribution < -0.4 is 4.74 Å². The number of aliphatic carboxylic acids is 1. The van der Waals surface area contributed by atoms with Crippen molar-refractivity contribution in [3.63, 3.8) is 0 Å². The second-order valence-corrected chi connectivity index (χ2v) is 8.07. The number of rotatable bonds is 4. The maximum absolute atomic E-state index is 11.4. The second kappa shape index (κ2) is 9.61. The molecule has 3 rings (SSSR count). The fourth-order valence-corrected chi connectivity index (χ4v) is 4.07. The molecule has 0 aliphatic carbocycles. The van der Waals surface area contributed by atoms with Crippen molar-refractivity contribution in [2.75, 3.05) is 14.1 Å². The SMILES string of the molecule is CC(=O)O.CC(SC1c2ccccc2COc2ccc(C(=O)O)cc21)N(C)C. The van der Waals surface area contributed by atoms with Gasteiger partial charge < -0.3 is 14.9 Å². The number of fused-ring (bicyclic) bond motifs is 2. The molecular weight excluding hydrogens is 378 g/mol. The number of hydrogen-bond donors (Lipinski definition) is 2. The van der Waals surface area contributed by atoms with E-state index in [0.29, 0.717) is 12.2 Å². The number of thioether (sulfide) groups is 1. The van der Waals surface area contributed by atoms with Crippen LogP contribution in [0.5, 0.6) is 5.75 Å². The highest BCUT2D eigenvalue weighted by molar-refractivity contribution is 8.00. The maximum atomic E-state index is 11.4. The minimum atomic E-state index is -0.917. The maximum Gasteiger partial charge on any atom is 0.335 e. The van der Waals surface area contributed by atoms with Gasteiger partial charge >= 0.3 is 5.97 Å². The van der Waals surface area contributed by atoms with Gasteiger partial charge in [0.15, 0.2) is 0 Å². The average Bonchev–Trinajstić information content (AvgIpc) is 2.78. The quantitative estimate of drug-likeness (QED) is 0.743. The lowest BCUT2D eigenvalue weighted by atomic mass is 9.98. The van der Waals surface area contributed by atoms with E-state index in [0.717, 1.165) is 23.8 Å². The third-order valence-electron chi connectivity index (χ3n) is 4.32. The predicted molar refractivity (Wildman–Crippen MR) is 110 cm³/mol. The zero-order chi connectivity index (χ0) is 20.8. The van der Waals surface area contributed by atoms with Crippen LogP contribution in [0.1, 0.15) is 46.1 Å². The Morgan fingerprint density at radius 3 is 2.39 bits per heavy atom. The molecule has 2 atom stereocenters. The summed E-state index contributed by atoms with van der Waals surface area (Å²) in [6.45, 7) is 3.74. The van der Waals surface area contributed by atoms with Gasteiger partial charge in [-0.3, -0.25) is 9.69 Å². The van der Waals surface area contributed by atoms with Crippen LogP contribution in [0, 0.1) is 0 Å². The molecule has 0 saturated heterocycles. The van der Waals surface area contributed by atoms with E-state index in [2.05, 4.69) is 24.0 Å². The molecule has 2 aromatic carbocycles. The number of carboxylic acid groups (broad SMARTS) is 2. The summed E-state index contributed by atoms with van der Waals surface area (Å²) >= 11 is 1.80. The van der Waals surface area contributed by atoms with Crippen molar-refractivity contribution in [3.05, 3.63) is 64.7 Å². The molecule has 150 valence electrons. The highest BCUT2D eigenvalue weighted by Crippen LogP contribution is 2.46. The lowest BCUT2D eigenvalue weighted by Gasteiger charge is -2.26. The lowest BCUT2D eigenvalue weighted by Crippen LogP contribution is -2.22. The van der Waals surface area contributed by atoms with Gasteiger partial charge in [0, 0.05) is 12.5 Å². The van der Waals surface area contributed by atoms with E-state index in [1.165, 1.54) is 5.56 Å². The molecule has 7 heteroatoms. The first-order valence-corrected chi connectivity index (χ1v) is 9.74. The van der Waals surface area contributed by atoms with Crippen LogP contribution in [0.15, 0.2) is 42.5 Å². The van der Waals surface area contributed by atoms with Gasteiger partial charge in [0.25, 0.3) is 5.97 Å². The molecule has 0 aromatic heterocycles. The van der Waals surface area contributed by atoms with Gasteiger partial charge in [-0.05, 0) is 50.3 Å². The van der Waals surface area contributed by atoms with Gasteiger partial charge in [-0.1, -0.05) is 24.3 Å². The number of ether oxygens (including phenoxy) is 1. The number of nitrogens with zero attached hydrogens (tertiary/aromatic N) is 1. The summed E-state index contributed by atoms with van der Waals surface area (Å²) in [4.78, 5) is 22.6. The molecule has 28 heavy (non-hydrogen) atoms. The summed E-state index contributed by atoms with van der Waals surface area (Å²) in [6, 6.07) is 13.4. The Balaban J connectivity index is 0.000000640. The molecule has 0 amide bonds. The second-order valence-electron chi connectivity index (χ2n) is 6.64. The Labute approximate surface area is 169 Å². The molecule has 2 aromatic rings. The summed E-state index contributed by atoms with van der Waals surface area (Å²) in [5, 5.41) is 17.1. The van der Waals surface area contributed by atoms with Crippen LogP contribution in [0.2, 0.25) is 0 Å². The van der Waals surface area contributed by atoms with Crippen LogP contribution in [-0.2, 0) is 11.4 Å². The highest BCUT2D eigenvalue weighted by Gasteiger charge is 2.28. The van der Waals surface area contributed by atoms with Gasteiger partial charge in [0.05, 0.1) is 16.2 Å². The normalized spacial score (nSPS) is 15.8. The summed E-state index contributed by atoms with van der Waals surface area (Å²) in [7, 11) is 4.09. The smallest absolute Gasteiger partial charge is 0.335 e. The summed E-state index contributed by atoms with van der Waals surface area (Å²) in [6.07, 6.45) is 0. The third-order valence-corrected chi connectivity index (χ3v) is 5.92. The van der Waals surface area contributed by atoms with E-state index < -0.39 is 11.9 Å². The first-order chi connectivity index (χ1) is 13.2. The molecule has 1 aliphatic heterocycles. The Morgan fingerprint density at radius 1 is 1.14 bits per heavy atom. The molecule has 1 aliphatic rings. The molecule has 1 heterocycles. The first kappa shape index (κ1) is 21.8. The van der Waals surface area contributed by atoms with E-state index >= 15 is 0 Å². The Hall–Kier alpha value is -2.51. The summed E-state index contributed by atoms with van der Waals surface area (Å²) in [5.41, 5.74) is 3.56. The first-order valence-electron chi connectivity index (χ1n) is 8.80. The monoisotopic (exact) mass is 403 g/mol. The van der Waals surface area contributed by atoms with Crippen molar-refractivity contribution in [2.45, 2.75) is 31.1 Å². The number of aromatic carboxylic acids is 1. The molecular formula is C21H25NO5S.